The van der Waals surface area contributed by atoms with E-state index in [9.17, 15) is 13.6 Å². The quantitative estimate of drug-likeness (QED) is 0.418. The normalized spacial score (nSPS) is 18.6. The average Bonchev–Trinajstić information content (AvgIpc) is 2.72. The molecule has 0 bridgehead atoms. The predicted octanol–water partition coefficient (Wildman–Crippen LogP) is 6.70. The number of phenolic OH excluding ortho intramolecular Hbond substituents is 1. The van der Waals surface area contributed by atoms with E-state index in [1.807, 2.05) is 6.92 Å². The predicted molar refractivity (Wildman–Crippen MR) is 110 cm³/mol. The molecule has 0 spiro atoms. The molecule has 0 aliphatic heterocycles. The third kappa shape index (κ3) is 9.46. The van der Waals surface area contributed by atoms with Gasteiger partial charge >= 0.3 is 5.97 Å². The number of carbonyl (C=O) groups is 1. The summed E-state index contributed by atoms with van der Waals surface area (Å²) < 4.78 is 31.0. The molecule has 166 valence electrons. The Kier molecular flexibility index (Phi) is 12.3. The average molecular weight is 415 g/mol. The number of aromatic hydroxyl groups is 1. The largest absolute Gasteiger partial charge is 0.505 e. The molecule has 6 heteroatoms. The smallest absolute Gasteiger partial charge is 0.306 e. The number of ether oxygens (including phenoxy) is 1. The monoisotopic (exact) mass is 414 g/mol. The van der Waals surface area contributed by atoms with Gasteiger partial charge in [0.15, 0.2) is 11.5 Å². The summed E-state index contributed by atoms with van der Waals surface area (Å²) in [6, 6.07) is 2.30. The number of aliphatic carboxylic acids is 1. The number of phenols is 1. The number of unbranched alkanes of at least 4 members (excludes halogenated alkanes) is 4. The van der Waals surface area contributed by atoms with Crippen molar-refractivity contribution in [3.63, 3.8) is 0 Å². The van der Waals surface area contributed by atoms with Gasteiger partial charge in [-0.15, -0.1) is 0 Å². The van der Waals surface area contributed by atoms with Crippen LogP contribution in [0.2, 0.25) is 0 Å². The Morgan fingerprint density at radius 3 is 2.21 bits per heavy atom. The van der Waals surface area contributed by atoms with Gasteiger partial charge in [0, 0.05) is 0 Å². The van der Waals surface area contributed by atoms with E-state index in [1.54, 1.807) is 0 Å². The van der Waals surface area contributed by atoms with Gasteiger partial charge in [-0.25, -0.2) is 0 Å². The Morgan fingerprint density at radius 2 is 1.62 bits per heavy atom. The Labute approximate surface area is 173 Å². The molecule has 1 saturated carbocycles. The van der Waals surface area contributed by atoms with E-state index in [0.29, 0.717) is 6.61 Å². The molecule has 1 aliphatic rings. The van der Waals surface area contributed by atoms with E-state index >= 15 is 0 Å². The zero-order valence-corrected chi connectivity index (χ0v) is 17.8. The van der Waals surface area contributed by atoms with Crippen LogP contribution in [0, 0.1) is 23.5 Å². The van der Waals surface area contributed by atoms with Crippen molar-refractivity contribution in [2.24, 2.45) is 11.8 Å². The van der Waals surface area contributed by atoms with Crippen LogP contribution in [0.15, 0.2) is 12.1 Å². The van der Waals surface area contributed by atoms with Crippen molar-refractivity contribution in [2.75, 3.05) is 6.61 Å². The van der Waals surface area contributed by atoms with E-state index in [0.717, 1.165) is 56.9 Å². The molecule has 1 aromatic rings. The molecule has 0 aromatic heterocycles. The Bertz CT molecular complexity index is 599. The molecular weight excluding hydrogens is 378 g/mol. The van der Waals surface area contributed by atoms with E-state index in [-0.39, 0.29) is 11.7 Å². The summed E-state index contributed by atoms with van der Waals surface area (Å²) in [6.07, 6.45) is 12.2. The number of hydrogen-bond acceptors (Lipinski definition) is 3. The molecule has 1 fully saturated rings. The van der Waals surface area contributed by atoms with Crippen LogP contribution in [0.5, 0.6) is 11.5 Å². The van der Waals surface area contributed by atoms with E-state index in [1.165, 1.54) is 31.7 Å². The van der Waals surface area contributed by atoms with E-state index in [4.69, 9.17) is 14.9 Å². The van der Waals surface area contributed by atoms with Crippen molar-refractivity contribution < 1.29 is 28.5 Å². The molecule has 0 atom stereocenters. The molecule has 4 nitrogen and oxygen atoms in total. The van der Waals surface area contributed by atoms with Gasteiger partial charge in [0.25, 0.3) is 0 Å². The third-order valence-corrected chi connectivity index (χ3v) is 5.44. The summed E-state index contributed by atoms with van der Waals surface area (Å²) in [4.78, 5) is 10.7. The molecule has 29 heavy (non-hydrogen) atoms. The first-order valence-electron chi connectivity index (χ1n) is 10.9. The van der Waals surface area contributed by atoms with Gasteiger partial charge in [-0.1, -0.05) is 52.4 Å². The van der Waals surface area contributed by atoms with Crippen molar-refractivity contribution in [1.82, 2.24) is 0 Å². The van der Waals surface area contributed by atoms with Crippen LogP contribution in [-0.2, 0) is 4.79 Å². The number of benzene rings is 1. The minimum atomic E-state index is -1.26. The number of carboxylic acids is 1. The van der Waals surface area contributed by atoms with Gasteiger partial charge in [-0.3, -0.25) is 4.79 Å². The second-order valence-electron chi connectivity index (χ2n) is 7.82. The topological polar surface area (TPSA) is 66.8 Å². The van der Waals surface area contributed by atoms with Crippen molar-refractivity contribution in [3.05, 3.63) is 23.8 Å². The van der Waals surface area contributed by atoms with Crippen LogP contribution in [-0.4, -0.2) is 22.8 Å². The lowest BCUT2D eigenvalue weighted by molar-refractivity contribution is -0.143. The highest BCUT2D eigenvalue weighted by atomic mass is 19.2. The van der Waals surface area contributed by atoms with Crippen LogP contribution < -0.4 is 4.74 Å². The fraction of sp³-hybridized carbons (Fsp3) is 0.696. The van der Waals surface area contributed by atoms with Gasteiger partial charge < -0.3 is 14.9 Å². The molecule has 2 N–H and O–H groups in total. The van der Waals surface area contributed by atoms with Gasteiger partial charge in [0.2, 0.25) is 11.6 Å². The van der Waals surface area contributed by atoms with Crippen LogP contribution in [0.3, 0.4) is 0 Å². The fourth-order valence-corrected chi connectivity index (χ4v) is 3.55. The number of rotatable bonds is 10. The number of hydrogen-bond donors (Lipinski definition) is 2. The van der Waals surface area contributed by atoms with Gasteiger partial charge in [0.1, 0.15) is 0 Å². The van der Waals surface area contributed by atoms with Gasteiger partial charge in [-0.2, -0.15) is 8.78 Å². The van der Waals surface area contributed by atoms with Crippen molar-refractivity contribution in [3.8, 4) is 11.5 Å². The third-order valence-electron chi connectivity index (χ3n) is 5.44. The van der Waals surface area contributed by atoms with E-state index in [2.05, 4.69) is 6.92 Å². The minimum absolute atomic E-state index is 0.0441. The molecule has 0 heterocycles. The Balaban J connectivity index is 0.000000291. The van der Waals surface area contributed by atoms with Crippen LogP contribution >= 0.6 is 0 Å². The second-order valence-corrected chi connectivity index (χ2v) is 7.82. The highest BCUT2D eigenvalue weighted by Gasteiger charge is 2.25. The SMILES string of the molecule is CCCCCOc1ccc(O)c(F)c1F.CCCCC[C@H]1CC[C@H](C(=O)O)CC1. The maximum absolute atomic E-state index is 13.1. The molecule has 0 saturated heterocycles. The second kappa shape index (κ2) is 14.2. The summed E-state index contributed by atoms with van der Waals surface area (Å²) in [6.45, 7) is 4.62. The zero-order chi connectivity index (χ0) is 21.6. The molecule has 0 radical (unpaired) electrons. The fourth-order valence-electron chi connectivity index (χ4n) is 3.55. The Morgan fingerprint density at radius 1 is 1.00 bits per heavy atom. The highest BCUT2D eigenvalue weighted by molar-refractivity contribution is 5.69. The van der Waals surface area contributed by atoms with Crippen molar-refractivity contribution in [1.29, 1.82) is 0 Å². The summed E-state index contributed by atoms with van der Waals surface area (Å²) in [5, 5.41) is 17.7. The number of halogens is 2. The molecule has 0 unspecified atom stereocenters. The summed E-state index contributed by atoms with van der Waals surface area (Å²) in [5.74, 6) is -3.06. The minimum Gasteiger partial charge on any atom is -0.505 e. The number of carboxylic acid groups (broad SMARTS) is 1. The lowest BCUT2D eigenvalue weighted by Crippen LogP contribution is -2.21. The van der Waals surface area contributed by atoms with Gasteiger partial charge in [-0.05, 0) is 50.2 Å². The first-order valence-corrected chi connectivity index (χ1v) is 10.9. The first kappa shape index (κ1) is 25.2. The van der Waals surface area contributed by atoms with Crippen LogP contribution in [0.1, 0.15) is 84.5 Å². The highest BCUT2D eigenvalue weighted by Crippen LogP contribution is 2.32. The molecular formula is C23H36F2O4. The van der Waals surface area contributed by atoms with Crippen LogP contribution in [0.4, 0.5) is 8.78 Å². The standard InChI is InChI=1S/C12H22O2.C11H14F2O2/c1-2-3-4-5-10-6-8-11(9-7-10)12(13)14;1-2-3-4-7-15-9-6-5-8(14)10(12)11(9)13/h10-11H,2-9H2,1H3,(H,13,14);5-6,14H,2-4,7H2,1H3/t10-,11-;. The molecule has 1 aliphatic carbocycles. The van der Waals surface area contributed by atoms with Gasteiger partial charge in [0.05, 0.1) is 12.5 Å². The van der Waals surface area contributed by atoms with Crippen LogP contribution in [0.25, 0.3) is 0 Å². The first-order chi connectivity index (χ1) is 13.9. The summed E-state index contributed by atoms with van der Waals surface area (Å²) in [7, 11) is 0. The maximum Gasteiger partial charge on any atom is 0.306 e. The van der Waals surface area contributed by atoms with Crippen molar-refractivity contribution in [2.45, 2.75) is 84.5 Å². The lowest BCUT2D eigenvalue weighted by Gasteiger charge is -2.25. The maximum atomic E-state index is 13.1. The molecule has 1 aromatic carbocycles. The summed E-state index contributed by atoms with van der Waals surface area (Å²) in [5.41, 5.74) is 0. The lowest BCUT2D eigenvalue weighted by atomic mass is 9.80. The van der Waals surface area contributed by atoms with Crippen molar-refractivity contribution >= 4 is 5.97 Å². The Hall–Kier alpha value is -1.85. The molecule has 2 rings (SSSR count). The molecule has 0 amide bonds. The zero-order valence-electron chi connectivity index (χ0n) is 17.8. The summed E-state index contributed by atoms with van der Waals surface area (Å²) >= 11 is 0. The van der Waals surface area contributed by atoms with E-state index < -0.39 is 23.4 Å².